The van der Waals surface area contributed by atoms with Gasteiger partial charge in [0.05, 0.1) is 41.7 Å². The smallest absolute Gasteiger partial charge is 0.418 e. The molecule has 0 saturated heterocycles. The van der Waals surface area contributed by atoms with Crippen LogP contribution in [-0.2, 0) is 6.18 Å². The summed E-state index contributed by atoms with van der Waals surface area (Å²) in [7, 11) is 2.68. The summed E-state index contributed by atoms with van der Waals surface area (Å²) in [5.41, 5.74) is -2.48. The van der Waals surface area contributed by atoms with Gasteiger partial charge in [0.25, 0.3) is 5.91 Å². The Labute approximate surface area is 213 Å². The predicted octanol–water partition coefficient (Wildman–Crippen LogP) is 6.65. The van der Waals surface area contributed by atoms with E-state index in [-0.39, 0.29) is 33.5 Å². The highest BCUT2D eigenvalue weighted by Crippen LogP contribution is 2.40. The molecule has 36 heavy (non-hydrogen) atoms. The summed E-state index contributed by atoms with van der Waals surface area (Å²) >= 11 is 10.0. The molecule has 7 nitrogen and oxygen atoms in total. The zero-order chi connectivity index (χ0) is 26.6. The number of amides is 3. The molecule has 2 N–H and O–H groups in total. The summed E-state index contributed by atoms with van der Waals surface area (Å²) in [6, 6.07) is 9.27. The number of carbonyl (C=O) groups is 2. The minimum Gasteiger partial charge on any atom is -0.495 e. The maximum atomic E-state index is 13.8. The van der Waals surface area contributed by atoms with Crippen LogP contribution in [0.5, 0.6) is 11.5 Å². The lowest BCUT2D eigenvalue weighted by atomic mass is 10.1. The third-order valence-corrected chi connectivity index (χ3v) is 5.51. The number of ether oxygens (including phenoxy) is 2. The van der Waals surface area contributed by atoms with Gasteiger partial charge in [0.15, 0.2) is 0 Å². The van der Waals surface area contributed by atoms with E-state index in [1.54, 1.807) is 0 Å². The first-order chi connectivity index (χ1) is 17.0. The van der Waals surface area contributed by atoms with Gasteiger partial charge in [-0.15, -0.1) is 0 Å². The molecule has 0 atom stereocenters. The van der Waals surface area contributed by atoms with E-state index >= 15 is 0 Å². The number of urea groups is 1. The molecule has 0 bridgehead atoms. The van der Waals surface area contributed by atoms with Gasteiger partial charge in [0.1, 0.15) is 17.3 Å². The number of nitrogens with one attached hydrogen (secondary N) is 2. The van der Waals surface area contributed by atoms with Crippen molar-refractivity contribution in [1.29, 1.82) is 0 Å². The highest BCUT2D eigenvalue weighted by molar-refractivity contribution is 7.82. The van der Waals surface area contributed by atoms with Gasteiger partial charge >= 0.3 is 12.2 Å². The van der Waals surface area contributed by atoms with Crippen molar-refractivity contribution < 1.29 is 36.6 Å². The molecule has 190 valence electrons. The van der Waals surface area contributed by atoms with E-state index in [1.165, 1.54) is 44.6 Å². The number of hydrogen-bond donors (Lipinski definition) is 3. The summed E-state index contributed by atoms with van der Waals surface area (Å²) in [4.78, 5) is 25.0. The van der Waals surface area contributed by atoms with E-state index in [9.17, 15) is 27.2 Å². The molecule has 3 aromatic carbocycles. The quantitative estimate of drug-likeness (QED) is 0.240. The van der Waals surface area contributed by atoms with Gasteiger partial charge in [-0.05, 0) is 36.4 Å². The standard InChI is InChI=1S/C23H18ClF4N3O4S/c1-34-19-11-20(35-2)17(10-15(19)24)30-22(33)31(36)18-8-7-12(9-14(18)23(26,27)28)29-21(32)13-5-3-4-6-16(13)25/h3-11,36H,1-2H3,(H,29,32)(H,30,33). The zero-order valence-electron chi connectivity index (χ0n) is 18.6. The van der Waals surface area contributed by atoms with Gasteiger partial charge in [-0.1, -0.05) is 36.5 Å². The van der Waals surface area contributed by atoms with Crippen LogP contribution in [0, 0.1) is 5.82 Å². The summed E-state index contributed by atoms with van der Waals surface area (Å²) in [6.45, 7) is 0. The van der Waals surface area contributed by atoms with Crippen molar-refractivity contribution in [2.75, 3.05) is 29.2 Å². The zero-order valence-corrected chi connectivity index (χ0v) is 20.3. The molecule has 0 spiro atoms. The molecular weight excluding hydrogens is 526 g/mol. The van der Waals surface area contributed by atoms with Gasteiger partial charge in [-0.2, -0.15) is 13.2 Å². The predicted molar refractivity (Wildman–Crippen MR) is 131 cm³/mol. The topological polar surface area (TPSA) is 79.9 Å². The lowest BCUT2D eigenvalue weighted by Crippen LogP contribution is -2.29. The molecule has 3 rings (SSSR count). The molecule has 0 saturated carbocycles. The van der Waals surface area contributed by atoms with Crippen molar-refractivity contribution in [3.8, 4) is 11.5 Å². The number of thiol groups is 1. The van der Waals surface area contributed by atoms with Crippen LogP contribution in [0.4, 0.5) is 39.4 Å². The highest BCUT2D eigenvalue weighted by Gasteiger charge is 2.36. The highest BCUT2D eigenvalue weighted by atomic mass is 35.5. The fourth-order valence-corrected chi connectivity index (χ4v) is 3.57. The Kier molecular flexibility index (Phi) is 8.21. The van der Waals surface area contributed by atoms with Crippen molar-refractivity contribution in [2.45, 2.75) is 6.18 Å². The van der Waals surface area contributed by atoms with Gasteiger partial charge < -0.3 is 20.1 Å². The second-order valence-corrected chi connectivity index (χ2v) is 7.90. The fraction of sp³-hybridized carbons (Fsp3) is 0.130. The molecule has 0 fully saturated rings. The Morgan fingerprint density at radius 1 is 0.972 bits per heavy atom. The number of hydrogen-bond acceptors (Lipinski definition) is 5. The minimum atomic E-state index is -4.93. The molecular formula is C23H18ClF4N3O4S. The van der Waals surface area contributed by atoms with Crippen LogP contribution in [0.25, 0.3) is 0 Å². The Morgan fingerprint density at radius 2 is 1.64 bits per heavy atom. The lowest BCUT2D eigenvalue weighted by Gasteiger charge is -2.22. The van der Waals surface area contributed by atoms with E-state index in [1.807, 2.05) is 0 Å². The fourth-order valence-electron chi connectivity index (χ4n) is 3.10. The summed E-state index contributed by atoms with van der Waals surface area (Å²) in [5.74, 6) is -1.40. The van der Waals surface area contributed by atoms with Gasteiger partial charge in [0, 0.05) is 11.8 Å². The molecule has 0 aliphatic carbocycles. The van der Waals surface area contributed by atoms with E-state index in [0.717, 1.165) is 18.2 Å². The second kappa shape index (κ2) is 11.0. The van der Waals surface area contributed by atoms with E-state index in [0.29, 0.717) is 10.4 Å². The summed E-state index contributed by atoms with van der Waals surface area (Å²) in [6.07, 6.45) is -4.93. The van der Waals surface area contributed by atoms with Crippen LogP contribution in [0.3, 0.4) is 0 Å². The van der Waals surface area contributed by atoms with Crippen LogP contribution in [0.1, 0.15) is 15.9 Å². The first kappa shape index (κ1) is 27.0. The Bertz CT molecular complexity index is 1310. The van der Waals surface area contributed by atoms with E-state index in [2.05, 4.69) is 23.4 Å². The van der Waals surface area contributed by atoms with E-state index < -0.39 is 35.2 Å². The summed E-state index contributed by atoms with van der Waals surface area (Å²) in [5, 5.41) is 4.70. The van der Waals surface area contributed by atoms with Crippen LogP contribution < -0.4 is 24.4 Å². The molecule has 0 radical (unpaired) electrons. The molecule has 3 aromatic rings. The van der Waals surface area contributed by atoms with Crippen LogP contribution in [-0.4, -0.2) is 26.2 Å². The maximum Gasteiger partial charge on any atom is 0.418 e. The van der Waals surface area contributed by atoms with Gasteiger partial charge in [-0.3, -0.25) is 4.79 Å². The third-order valence-electron chi connectivity index (χ3n) is 4.81. The minimum absolute atomic E-state index is 0.0506. The molecule has 0 aliphatic heterocycles. The average Bonchev–Trinajstić information content (AvgIpc) is 2.83. The molecule has 0 aromatic heterocycles. The molecule has 13 heteroatoms. The van der Waals surface area contributed by atoms with Crippen molar-refractivity contribution in [1.82, 2.24) is 0 Å². The number of anilines is 3. The average molecular weight is 544 g/mol. The lowest BCUT2D eigenvalue weighted by molar-refractivity contribution is -0.136. The van der Waals surface area contributed by atoms with Crippen molar-refractivity contribution in [3.05, 3.63) is 76.6 Å². The van der Waals surface area contributed by atoms with Gasteiger partial charge in [-0.25, -0.2) is 13.5 Å². The number of benzene rings is 3. The number of alkyl halides is 3. The molecule has 0 unspecified atom stereocenters. The number of halogens is 5. The van der Waals surface area contributed by atoms with Crippen LogP contribution in [0.15, 0.2) is 54.6 Å². The Morgan fingerprint density at radius 3 is 2.25 bits per heavy atom. The number of methoxy groups -OCH3 is 2. The SMILES string of the molecule is COc1cc(OC)c(NC(=O)N(S)c2ccc(NC(=O)c3ccccc3F)cc2C(F)(F)F)cc1Cl. The van der Waals surface area contributed by atoms with E-state index in [4.69, 9.17) is 21.1 Å². The van der Waals surface area contributed by atoms with Crippen molar-refractivity contribution >= 4 is 53.4 Å². The van der Waals surface area contributed by atoms with Crippen LogP contribution >= 0.6 is 24.4 Å². The first-order valence-electron chi connectivity index (χ1n) is 9.95. The molecule has 3 amide bonds. The molecule has 0 heterocycles. The molecule has 0 aliphatic rings. The number of rotatable bonds is 6. The van der Waals surface area contributed by atoms with Gasteiger partial charge in [0.2, 0.25) is 0 Å². The first-order valence-corrected chi connectivity index (χ1v) is 10.7. The number of carbonyl (C=O) groups excluding carboxylic acids is 2. The van der Waals surface area contributed by atoms with Crippen molar-refractivity contribution in [3.63, 3.8) is 0 Å². The van der Waals surface area contributed by atoms with Crippen LogP contribution in [0.2, 0.25) is 5.02 Å². The normalized spacial score (nSPS) is 11.0. The summed E-state index contributed by atoms with van der Waals surface area (Å²) < 4.78 is 66.0. The Balaban J connectivity index is 1.90. The second-order valence-electron chi connectivity index (χ2n) is 7.09. The monoisotopic (exact) mass is 543 g/mol. The largest absolute Gasteiger partial charge is 0.495 e. The third kappa shape index (κ3) is 5.94. The number of nitrogens with zero attached hydrogens (tertiary/aromatic N) is 1. The maximum absolute atomic E-state index is 13.8. The Hall–Kier alpha value is -3.64. The van der Waals surface area contributed by atoms with Crippen molar-refractivity contribution in [2.24, 2.45) is 0 Å².